The first-order valence-electron chi connectivity index (χ1n) is 8.08. The first-order valence-corrected chi connectivity index (χ1v) is 8.46. The van der Waals surface area contributed by atoms with Crippen LogP contribution in [0.2, 0.25) is 5.02 Å². The number of amides is 1. The molecule has 5 heteroatoms. The number of carbonyl (C=O) groups excluding carboxylic acids is 1. The molecule has 120 valence electrons. The second kappa shape index (κ2) is 7.44. The van der Waals surface area contributed by atoms with Crippen molar-refractivity contribution in [3.05, 3.63) is 34.9 Å². The minimum absolute atomic E-state index is 0.155. The summed E-state index contributed by atoms with van der Waals surface area (Å²) in [4.78, 5) is 14.6. The smallest absolute Gasteiger partial charge is 0.224 e. The summed E-state index contributed by atoms with van der Waals surface area (Å²) in [6.07, 6.45) is 3.51. The second-order valence-electron chi connectivity index (χ2n) is 6.11. The molecule has 2 saturated heterocycles. The van der Waals surface area contributed by atoms with Crippen molar-refractivity contribution in [3.63, 3.8) is 0 Å². The van der Waals surface area contributed by atoms with Crippen LogP contribution in [-0.2, 0) is 16.0 Å². The Morgan fingerprint density at radius 3 is 3.05 bits per heavy atom. The van der Waals surface area contributed by atoms with Crippen LogP contribution in [0.5, 0.6) is 0 Å². The van der Waals surface area contributed by atoms with Crippen LogP contribution in [0.15, 0.2) is 24.3 Å². The van der Waals surface area contributed by atoms with Crippen molar-refractivity contribution < 1.29 is 9.53 Å². The Bertz CT molecular complexity index is 517. The summed E-state index contributed by atoms with van der Waals surface area (Å²) in [7, 11) is 0. The summed E-state index contributed by atoms with van der Waals surface area (Å²) < 4.78 is 5.43. The zero-order chi connectivity index (χ0) is 15.4. The molecule has 0 aromatic heterocycles. The van der Waals surface area contributed by atoms with E-state index in [9.17, 15) is 4.79 Å². The van der Waals surface area contributed by atoms with Crippen molar-refractivity contribution in [2.24, 2.45) is 0 Å². The van der Waals surface area contributed by atoms with Gasteiger partial charge in [-0.2, -0.15) is 0 Å². The number of rotatable bonds is 4. The Labute approximate surface area is 136 Å². The summed E-state index contributed by atoms with van der Waals surface area (Å²) in [5.74, 6) is 0.234. The monoisotopic (exact) mass is 322 g/mol. The number of halogens is 1. The average molecular weight is 323 g/mol. The van der Waals surface area contributed by atoms with Crippen molar-refractivity contribution in [2.75, 3.05) is 26.3 Å². The number of morpholine rings is 1. The number of carbonyl (C=O) groups is 1. The molecule has 0 spiro atoms. The number of benzene rings is 1. The zero-order valence-corrected chi connectivity index (χ0v) is 13.5. The second-order valence-corrected chi connectivity index (χ2v) is 6.52. The van der Waals surface area contributed by atoms with Crippen LogP contribution in [-0.4, -0.2) is 49.2 Å². The van der Waals surface area contributed by atoms with Crippen LogP contribution in [0.4, 0.5) is 0 Å². The molecule has 2 heterocycles. The minimum atomic E-state index is 0.155. The Hall–Kier alpha value is -1.10. The van der Waals surface area contributed by atoms with E-state index < -0.39 is 0 Å². The molecule has 2 unspecified atom stereocenters. The highest BCUT2D eigenvalue weighted by atomic mass is 35.5. The molecule has 3 rings (SSSR count). The number of ether oxygens (including phenoxy) is 1. The lowest BCUT2D eigenvalue weighted by Gasteiger charge is -2.29. The maximum atomic E-state index is 12.6. The van der Waals surface area contributed by atoms with Gasteiger partial charge in [-0.3, -0.25) is 4.79 Å². The lowest BCUT2D eigenvalue weighted by molar-refractivity contribution is -0.133. The fourth-order valence-corrected chi connectivity index (χ4v) is 3.59. The molecule has 1 aromatic rings. The molecule has 2 aliphatic heterocycles. The maximum absolute atomic E-state index is 12.6. The number of hydrogen-bond acceptors (Lipinski definition) is 3. The van der Waals surface area contributed by atoms with Gasteiger partial charge in [-0.15, -0.1) is 0 Å². The zero-order valence-electron chi connectivity index (χ0n) is 12.8. The van der Waals surface area contributed by atoms with Crippen LogP contribution >= 0.6 is 11.6 Å². The SMILES string of the molecule is O=C(CC1COCCN1)N1CCCC1Cc1ccccc1Cl. The third-order valence-electron chi connectivity index (χ3n) is 4.53. The van der Waals surface area contributed by atoms with Crippen molar-refractivity contribution in [2.45, 2.75) is 37.8 Å². The van der Waals surface area contributed by atoms with E-state index in [0.29, 0.717) is 13.0 Å². The fraction of sp³-hybridized carbons (Fsp3) is 0.588. The van der Waals surface area contributed by atoms with Gasteiger partial charge in [0.25, 0.3) is 0 Å². The summed E-state index contributed by atoms with van der Waals surface area (Å²) >= 11 is 6.26. The molecule has 2 atom stereocenters. The van der Waals surface area contributed by atoms with E-state index in [1.807, 2.05) is 23.1 Å². The quantitative estimate of drug-likeness (QED) is 0.924. The Morgan fingerprint density at radius 1 is 1.41 bits per heavy atom. The highest BCUT2D eigenvalue weighted by Crippen LogP contribution is 2.25. The standard InChI is InChI=1S/C17H23ClN2O2/c18-16-6-2-1-4-13(16)10-15-5-3-8-20(15)17(21)11-14-12-22-9-7-19-14/h1-2,4,6,14-15,19H,3,5,7-12H2. The molecule has 0 saturated carbocycles. The normalized spacial score (nSPS) is 25.4. The van der Waals surface area contributed by atoms with Gasteiger partial charge in [-0.1, -0.05) is 29.8 Å². The van der Waals surface area contributed by atoms with E-state index in [1.54, 1.807) is 0 Å². The fourth-order valence-electron chi connectivity index (χ4n) is 3.37. The van der Waals surface area contributed by atoms with Crippen molar-refractivity contribution >= 4 is 17.5 Å². The first kappa shape index (κ1) is 15.8. The molecule has 0 aliphatic carbocycles. The highest BCUT2D eigenvalue weighted by Gasteiger charge is 2.30. The van der Waals surface area contributed by atoms with Gasteiger partial charge in [0.15, 0.2) is 0 Å². The predicted molar refractivity (Wildman–Crippen MR) is 87.1 cm³/mol. The van der Waals surface area contributed by atoms with Crippen LogP contribution in [0.1, 0.15) is 24.8 Å². The van der Waals surface area contributed by atoms with Gasteiger partial charge in [-0.25, -0.2) is 0 Å². The molecule has 4 nitrogen and oxygen atoms in total. The number of nitrogens with zero attached hydrogens (tertiary/aromatic N) is 1. The van der Waals surface area contributed by atoms with Gasteiger partial charge in [0.1, 0.15) is 0 Å². The Balaban J connectivity index is 1.60. The third-order valence-corrected chi connectivity index (χ3v) is 4.90. The molecule has 0 radical (unpaired) electrons. The van der Waals surface area contributed by atoms with Gasteiger partial charge < -0.3 is 15.0 Å². The number of likely N-dealkylation sites (tertiary alicyclic amines) is 1. The van der Waals surface area contributed by atoms with Crippen molar-refractivity contribution in [1.82, 2.24) is 10.2 Å². The van der Waals surface area contributed by atoms with E-state index in [1.165, 1.54) is 0 Å². The average Bonchev–Trinajstić information content (AvgIpc) is 2.99. The van der Waals surface area contributed by atoms with Crippen LogP contribution in [0.3, 0.4) is 0 Å². The molecular weight excluding hydrogens is 300 g/mol. The van der Waals surface area contributed by atoms with E-state index in [4.69, 9.17) is 16.3 Å². The van der Waals surface area contributed by atoms with Gasteiger partial charge in [-0.05, 0) is 30.9 Å². The van der Waals surface area contributed by atoms with Gasteiger partial charge >= 0.3 is 0 Å². The summed E-state index contributed by atoms with van der Waals surface area (Å²) in [5, 5.41) is 4.15. The molecule has 1 amide bonds. The lowest BCUT2D eigenvalue weighted by atomic mass is 10.0. The van der Waals surface area contributed by atoms with Crippen molar-refractivity contribution in [3.8, 4) is 0 Å². The molecule has 2 fully saturated rings. The van der Waals surface area contributed by atoms with Crippen LogP contribution in [0.25, 0.3) is 0 Å². The Morgan fingerprint density at radius 2 is 2.27 bits per heavy atom. The third kappa shape index (κ3) is 3.80. The molecule has 0 bridgehead atoms. The van der Waals surface area contributed by atoms with Gasteiger partial charge in [0, 0.05) is 36.6 Å². The van der Waals surface area contributed by atoms with Crippen LogP contribution in [0, 0.1) is 0 Å². The maximum Gasteiger partial charge on any atom is 0.224 e. The van der Waals surface area contributed by atoms with E-state index in [-0.39, 0.29) is 18.0 Å². The summed E-state index contributed by atoms with van der Waals surface area (Å²) in [6, 6.07) is 8.35. The highest BCUT2D eigenvalue weighted by molar-refractivity contribution is 6.31. The number of hydrogen-bond donors (Lipinski definition) is 1. The van der Waals surface area contributed by atoms with Crippen LogP contribution < -0.4 is 5.32 Å². The van der Waals surface area contributed by atoms with E-state index >= 15 is 0 Å². The van der Waals surface area contributed by atoms with Crippen molar-refractivity contribution in [1.29, 1.82) is 0 Å². The van der Waals surface area contributed by atoms with Gasteiger partial charge in [0.2, 0.25) is 5.91 Å². The summed E-state index contributed by atoms with van der Waals surface area (Å²) in [5.41, 5.74) is 1.13. The summed E-state index contributed by atoms with van der Waals surface area (Å²) in [6.45, 7) is 3.07. The van der Waals surface area contributed by atoms with E-state index in [0.717, 1.165) is 49.5 Å². The van der Waals surface area contributed by atoms with E-state index in [2.05, 4.69) is 11.4 Å². The molecular formula is C17H23ClN2O2. The largest absolute Gasteiger partial charge is 0.378 e. The predicted octanol–water partition coefficient (Wildman–Crippen LogP) is 2.25. The first-order chi connectivity index (χ1) is 10.7. The molecule has 1 N–H and O–H groups in total. The molecule has 1 aromatic carbocycles. The molecule has 2 aliphatic rings. The molecule has 22 heavy (non-hydrogen) atoms. The minimum Gasteiger partial charge on any atom is -0.378 e. The topological polar surface area (TPSA) is 41.6 Å². The number of nitrogens with one attached hydrogen (secondary N) is 1. The Kier molecular flexibility index (Phi) is 5.34. The van der Waals surface area contributed by atoms with Gasteiger partial charge in [0.05, 0.1) is 13.2 Å². The lowest BCUT2D eigenvalue weighted by Crippen LogP contribution is -2.46.